The van der Waals surface area contributed by atoms with Crippen LogP contribution in [0.2, 0.25) is 0 Å². The van der Waals surface area contributed by atoms with Gasteiger partial charge in [-0.3, -0.25) is 9.59 Å². The summed E-state index contributed by atoms with van der Waals surface area (Å²) in [7, 11) is 0. The number of benzene rings is 2. The summed E-state index contributed by atoms with van der Waals surface area (Å²) in [5, 5.41) is 5.54. The van der Waals surface area contributed by atoms with Gasteiger partial charge in [0.25, 0.3) is 5.91 Å². The first-order valence-electron chi connectivity index (χ1n) is 7.86. The molecule has 0 saturated carbocycles. The molecule has 2 rings (SSSR count). The van der Waals surface area contributed by atoms with Crippen LogP contribution in [0.15, 0.2) is 54.6 Å². The predicted octanol–water partition coefficient (Wildman–Crippen LogP) is 2.94. The van der Waals surface area contributed by atoms with Gasteiger partial charge >= 0.3 is 0 Å². The third kappa shape index (κ3) is 5.76. The number of carbonyl (C=O) groups is 2. The molecular weight excluding hydrogens is 304 g/mol. The summed E-state index contributed by atoms with van der Waals surface area (Å²) in [5.74, 6) is 0.529. The Balaban J connectivity index is 1.74. The second-order valence-electron chi connectivity index (χ2n) is 5.61. The van der Waals surface area contributed by atoms with E-state index in [9.17, 15) is 9.59 Å². The zero-order valence-corrected chi connectivity index (χ0v) is 13.9. The minimum atomic E-state index is -0.163. The Hall–Kier alpha value is -2.82. The summed E-state index contributed by atoms with van der Waals surface area (Å²) < 4.78 is 5.44. The molecule has 0 aromatic heterocycles. The molecule has 2 amide bonds. The predicted molar refractivity (Wildman–Crippen MR) is 94.1 cm³/mol. The highest BCUT2D eigenvalue weighted by atomic mass is 16.5. The van der Waals surface area contributed by atoms with Gasteiger partial charge in [-0.05, 0) is 35.7 Å². The number of rotatable bonds is 7. The standard InChI is InChI=1S/C19H22N2O3/c1-14(16-6-4-3-5-7-16)12-20-19(23)13-24-18-10-8-17(9-11-18)21-15(2)22/h3-11,14H,12-13H2,1-2H3,(H,20,23)(H,21,22)/t14-/m1/s1. The fourth-order valence-corrected chi connectivity index (χ4v) is 2.20. The van der Waals surface area contributed by atoms with Crippen molar-refractivity contribution in [3.63, 3.8) is 0 Å². The van der Waals surface area contributed by atoms with Crippen molar-refractivity contribution >= 4 is 17.5 Å². The van der Waals surface area contributed by atoms with Gasteiger partial charge in [0.05, 0.1) is 0 Å². The Kier molecular flexibility index (Phi) is 6.37. The van der Waals surface area contributed by atoms with Crippen molar-refractivity contribution in [2.24, 2.45) is 0 Å². The molecule has 2 aromatic carbocycles. The number of carbonyl (C=O) groups excluding carboxylic acids is 2. The fourth-order valence-electron chi connectivity index (χ4n) is 2.20. The van der Waals surface area contributed by atoms with Crippen LogP contribution in [0.1, 0.15) is 25.3 Å². The SMILES string of the molecule is CC(=O)Nc1ccc(OCC(=O)NC[C@@H](C)c2ccccc2)cc1. The van der Waals surface area contributed by atoms with E-state index in [1.807, 2.05) is 30.3 Å². The van der Waals surface area contributed by atoms with Gasteiger partial charge in [-0.1, -0.05) is 37.3 Å². The van der Waals surface area contributed by atoms with E-state index in [1.54, 1.807) is 24.3 Å². The van der Waals surface area contributed by atoms with Crippen molar-refractivity contribution in [1.82, 2.24) is 5.32 Å². The Labute approximate surface area is 142 Å². The molecule has 0 aliphatic carbocycles. The molecule has 2 aromatic rings. The van der Waals surface area contributed by atoms with Crippen LogP contribution in [0.5, 0.6) is 5.75 Å². The van der Waals surface area contributed by atoms with Gasteiger partial charge in [0.15, 0.2) is 6.61 Å². The first-order valence-corrected chi connectivity index (χ1v) is 7.86. The molecule has 1 atom stereocenters. The molecule has 126 valence electrons. The van der Waals surface area contributed by atoms with Crippen molar-refractivity contribution in [1.29, 1.82) is 0 Å². The van der Waals surface area contributed by atoms with E-state index in [0.717, 1.165) is 0 Å². The normalized spacial score (nSPS) is 11.4. The van der Waals surface area contributed by atoms with E-state index in [-0.39, 0.29) is 24.3 Å². The van der Waals surface area contributed by atoms with Crippen molar-refractivity contribution in [3.05, 3.63) is 60.2 Å². The van der Waals surface area contributed by atoms with E-state index in [1.165, 1.54) is 12.5 Å². The number of anilines is 1. The van der Waals surface area contributed by atoms with Gasteiger partial charge < -0.3 is 15.4 Å². The molecule has 0 fully saturated rings. The van der Waals surface area contributed by atoms with Crippen molar-refractivity contribution < 1.29 is 14.3 Å². The lowest BCUT2D eigenvalue weighted by Crippen LogP contribution is -2.31. The van der Waals surface area contributed by atoms with E-state index < -0.39 is 0 Å². The third-order valence-corrected chi connectivity index (χ3v) is 3.52. The number of ether oxygens (including phenoxy) is 1. The quantitative estimate of drug-likeness (QED) is 0.822. The first kappa shape index (κ1) is 17.5. The molecule has 2 N–H and O–H groups in total. The van der Waals surface area contributed by atoms with Crippen LogP contribution in [-0.4, -0.2) is 25.0 Å². The number of amides is 2. The van der Waals surface area contributed by atoms with Gasteiger partial charge in [-0.15, -0.1) is 0 Å². The van der Waals surface area contributed by atoms with Crippen LogP contribution < -0.4 is 15.4 Å². The van der Waals surface area contributed by atoms with Crippen molar-refractivity contribution in [3.8, 4) is 5.75 Å². The summed E-state index contributed by atoms with van der Waals surface area (Å²) in [4.78, 5) is 22.8. The van der Waals surface area contributed by atoms with E-state index in [2.05, 4.69) is 17.6 Å². The van der Waals surface area contributed by atoms with Gasteiger partial charge in [-0.2, -0.15) is 0 Å². The van der Waals surface area contributed by atoms with E-state index in [4.69, 9.17) is 4.74 Å². The molecule has 0 unspecified atom stereocenters. The lowest BCUT2D eigenvalue weighted by Gasteiger charge is -2.13. The Bertz CT molecular complexity index is 669. The average molecular weight is 326 g/mol. The highest BCUT2D eigenvalue weighted by Gasteiger charge is 2.08. The highest BCUT2D eigenvalue weighted by molar-refractivity contribution is 5.88. The fraction of sp³-hybridized carbons (Fsp3) is 0.263. The largest absolute Gasteiger partial charge is 0.484 e. The van der Waals surface area contributed by atoms with Crippen LogP contribution in [0.25, 0.3) is 0 Å². The number of nitrogens with one attached hydrogen (secondary N) is 2. The van der Waals surface area contributed by atoms with Crippen molar-refractivity contribution in [2.75, 3.05) is 18.5 Å². The molecule has 0 aliphatic heterocycles. The van der Waals surface area contributed by atoms with Gasteiger partial charge in [0, 0.05) is 19.2 Å². The Morgan fingerprint density at radius 1 is 1.04 bits per heavy atom. The summed E-state index contributed by atoms with van der Waals surface area (Å²) in [6.07, 6.45) is 0. The van der Waals surface area contributed by atoms with Crippen LogP contribution in [-0.2, 0) is 9.59 Å². The minimum Gasteiger partial charge on any atom is -0.484 e. The molecule has 0 saturated heterocycles. The molecule has 24 heavy (non-hydrogen) atoms. The Morgan fingerprint density at radius 3 is 2.33 bits per heavy atom. The molecular formula is C19H22N2O3. The maximum atomic E-state index is 11.9. The van der Waals surface area contributed by atoms with Crippen molar-refractivity contribution in [2.45, 2.75) is 19.8 Å². The molecule has 0 heterocycles. The summed E-state index contributed by atoms with van der Waals surface area (Å²) in [6, 6.07) is 16.9. The average Bonchev–Trinajstić information content (AvgIpc) is 2.59. The first-order chi connectivity index (χ1) is 11.5. The molecule has 0 radical (unpaired) electrons. The topological polar surface area (TPSA) is 67.4 Å². The maximum absolute atomic E-state index is 11.9. The summed E-state index contributed by atoms with van der Waals surface area (Å²) >= 11 is 0. The van der Waals surface area contributed by atoms with Gasteiger partial charge in [0.2, 0.25) is 5.91 Å². The second kappa shape index (κ2) is 8.72. The molecule has 5 heteroatoms. The van der Waals surface area contributed by atoms with E-state index >= 15 is 0 Å². The maximum Gasteiger partial charge on any atom is 0.257 e. The lowest BCUT2D eigenvalue weighted by atomic mass is 10.0. The number of hydrogen-bond acceptors (Lipinski definition) is 3. The highest BCUT2D eigenvalue weighted by Crippen LogP contribution is 2.16. The Morgan fingerprint density at radius 2 is 1.71 bits per heavy atom. The summed E-state index contributed by atoms with van der Waals surface area (Å²) in [6.45, 7) is 4.04. The molecule has 0 spiro atoms. The lowest BCUT2D eigenvalue weighted by molar-refractivity contribution is -0.123. The minimum absolute atomic E-state index is 0.0407. The zero-order valence-electron chi connectivity index (χ0n) is 13.9. The van der Waals surface area contributed by atoms with Crippen LogP contribution in [0, 0.1) is 0 Å². The van der Waals surface area contributed by atoms with Gasteiger partial charge in [0.1, 0.15) is 5.75 Å². The van der Waals surface area contributed by atoms with Crippen LogP contribution >= 0.6 is 0 Å². The summed E-state index contributed by atoms with van der Waals surface area (Å²) in [5.41, 5.74) is 1.88. The molecule has 0 bridgehead atoms. The second-order valence-corrected chi connectivity index (χ2v) is 5.61. The van der Waals surface area contributed by atoms with Gasteiger partial charge in [-0.25, -0.2) is 0 Å². The molecule has 0 aliphatic rings. The van der Waals surface area contributed by atoms with Crippen LogP contribution in [0.3, 0.4) is 0 Å². The monoisotopic (exact) mass is 326 g/mol. The van der Waals surface area contributed by atoms with E-state index in [0.29, 0.717) is 18.0 Å². The third-order valence-electron chi connectivity index (χ3n) is 3.52. The zero-order chi connectivity index (χ0) is 17.4. The number of hydrogen-bond donors (Lipinski definition) is 2. The molecule has 5 nitrogen and oxygen atoms in total. The smallest absolute Gasteiger partial charge is 0.257 e. The van der Waals surface area contributed by atoms with Crippen LogP contribution in [0.4, 0.5) is 5.69 Å².